The molecule has 0 aromatic heterocycles. The number of carboxylic acids is 1. The highest BCUT2D eigenvalue weighted by molar-refractivity contribution is 5.95. The Hall–Kier alpha value is -3.02. The van der Waals surface area contributed by atoms with Crippen molar-refractivity contribution in [3.8, 4) is 11.5 Å². The quantitative estimate of drug-likeness (QED) is 0.856. The average molecular weight is 315 g/mol. The van der Waals surface area contributed by atoms with Crippen molar-refractivity contribution in [3.05, 3.63) is 53.6 Å². The molecular weight excluding hydrogens is 298 g/mol. The Morgan fingerprint density at radius 2 is 1.87 bits per heavy atom. The van der Waals surface area contributed by atoms with Gasteiger partial charge in [0.05, 0.1) is 26.2 Å². The number of ether oxygens (including phenoxy) is 2. The minimum atomic E-state index is -1.04. The van der Waals surface area contributed by atoms with Gasteiger partial charge in [-0.25, -0.2) is 4.79 Å². The van der Waals surface area contributed by atoms with Crippen LogP contribution in [-0.2, 0) is 11.2 Å². The maximum Gasteiger partial charge on any atom is 0.335 e. The molecule has 2 rings (SSSR count). The molecule has 0 bridgehead atoms. The summed E-state index contributed by atoms with van der Waals surface area (Å²) in [5, 5.41) is 11.6. The van der Waals surface area contributed by atoms with Crippen molar-refractivity contribution in [1.82, 2.24) is 0 Å². The van der Waals surface area contributed by atoms with Gasteiger partial charge in [0, 0.05) is 17.3 Å². The van der Waals surface area contributed by atoms with E-state index in [4.69, 9.17) is 14.6 Å². The van der Waals surface area contributed by atoms with Crippen LogP contribution in [0.5, 0.6) is 11.5 Å². The molecule has 2 aromatic rings. The second kappa shape index (κ2) is 7.31. The number of carbonyl (C=O) groups excluding carboxylic acids is 1. The van der Waals surface area contributed by atoms with E-state index in [0.717, 1.165) is 0 Å². The van der Waals surface area contributed by atoms with Gasteiger partial charge in [-0.2, -0.15) is 0 Å². The number of anilines is 1. The summed E-state index contributed by atoms with van der Waals surface area (Å²) in [6, 6.07) is 11.3. The van der Waals surface area contributed by atoms with E-state index in [0.29, 0.717) is 22.7 Å². The van der Waals surface area contributed by atoms with Gasteiger partial charge in [-0.15, -0.1) is 0 Å². The number of methoxy groups -OCH3 is 2. The Morgan fingerprint density at radius 3 is 2.52 bits per heavy atom. The van der Waals surface area contributed by atoms with Crippen molar-refractivity contribution in [3.63, 3.8) is 0 Å². The monoisotopic (exact) mass is 315 g/mol. The van der Waals surface area contributed by atoms with Crippen LogP contribution in [0.3, 0.4) is 0 Å². The van der Waals surface area contributed by atoms with E-state index in [1.165, 1.54) is 19.2 Å². The lowest BCUT2D eigenvalue weighted by molar-refractivity contribution is -0.115. The average Bonchev–Trinajstić information content (AvgIpc) is 2.55. The van der Waals surface area contributed by atoms with E-state index in [2.05, 4.69) is 5.32 Å². The second-order valence-corrected chi connectivity index (χ2v) is 4.79. The minimum absolute atomic E-state index is 0.102. The number of rotatable bonds is 6. The number of aromatic carboxylic acids is 1. The summed E-state index contributed by atoms with van der Waals surface area (Å²) in [5.41, 5.74) is 1.26. The molecule has 6 heteroatoms. The van der Waals surface area contributed by atoms with E-state index in [1.807, 2.05) is 0 Å². The summed E-state index contributed by atoms with van der Waals surface area (Å²) in [7, 11) is 3.07. The SMILES string of the molecule is COc1ccc(CC(=O)Nc2cccc(C(=O)O)c2)c(OC)c1. The molecule has 0 fully saturated rings. The van der Waals surface area contributed by atoms with Crippen molar-refractivity contribution in [2.45, 2.75) is 6.42 Å². The summed E-state index contributed by atoms with van der Waals surface area (Å²) < 4.78 is 10.4. The van der Waals surface area contributed by atoms with E-state index in [-0.39, 0.29) is 17.9 Å². The summed E-state index contributed by atoms with van der Waals surface area (Å²) in [4.78, 5) is 23.1. The molecule has 2 N–H and O–H groups in total. The molecule has 0 aliphatic rings. The number of carbonyl (C=O) groups is 2. The van der Waals surface area contributed by atoms with Crippen LogP contribution < -0.4 is 14.8 Å². The van der Waals surface area contributed by atoms with Crippen molar-refractivity contribution < 1.29 is 24.2 Å². The van der Waals surface area contributed by atoms with E-state index < -0.39 is 5.97 Å². The first-order valence-electron chi connectivity index (χ1n) is 6.87. The minimum Gasteiger partial charge on any atom is -0.497 e. The normalized spacial score (nSPS) is 10.0. The number of benzene rings is 2. The van der Waals surface area contributed by atoms with Crippen LogP contribution in [0.25, 0.3) is 0 Å². The summed E-state index contributed by atoms with van der Waals surface area (Å²) in [5.74, 6) is -0.118. The van der Waals surface area contributed by atoms with Crippen LogP contribution in [0.1, 0.15) is 15.9 Å². The van der Waals surface area contributed by atoms with E-state index in [1.54, 1.807) is 37.4 Å². The molecule has 23 heavy (non-hydrogen) atoms. The summed E-state index contributed by atoms with van der Waals surface area (Å²) >= 11 is 0. The van der Waals surface area contributed by atoms with E-state index >= 15 is 0 Å². The highest BCUT2D eigenvalue weighted by atomic mass is 16.5. The maximum absolute atomic E-state index is 12.1. The molecule has 0 heterocycles. The highest BCUT2D eigenvalue weighted by Gasteiger charge is 2.11. The standard InChI is InChI=1S/C17H17NO5/c1-22-14-7-6-11(15(10-14)23-2)9-16(19)18-13-5-3-4-12(8-13)17(20)21/h3-8,10H,9H2,1-2H3,(H,18,19)(H,20,21). The third-order valence-corrected chi connectivity index (χ3v) is 3.24. The lowest BCUT2D eigenvalue weighted by atomic mass is 10.1. The zero-order valence-electron chi connectivity index (χ0n) is 12.8. The molecule has 0 atom stereocenters. The Kier molecular flexibility index (Phi) is 5.19. The Morgan fingerprint density at radius 1 is 1.09 bits per heavy atom. The van der Waals surface area contributed by atoms with Crippen LogP contribution in [0, 0.1) is 0 Å². The Balaban J connectivity index is 2.10. The van der Waals surface area contributed by atoms with Gasteiger partial charge in [-0.05, 0) is 24.3 Å². The first-order chi connectivity index (χ1) is 11.0. The molecule has 0 spiro atoms. The van der Waals surface area contributed by atoms with Gasteiger partial charge in [-0.3, -0.25) is 4.79 Å². The van der Waals surface area contributed by atoms with Crippen LogP contribution in [0.15, 0.2) is 42.5 Å². The smallest absolute Gasteiger partial charge is 0.335 e. The molecular formula is C17H17NO5. The van der Waals surface area contributed by atoms with Gasteiger partial charge in [-0.1, -0.05) is 12.1 Å². The van der Waals surface area contributed by atoms with Crippen LogP contribution in [0.2, 0.25) is 0 Å². The van der Waals surface area contributed by atoms with Crippen molar-refractivity contribution in [2.24, 2.45) is 0 Å². The van der Waals surface area contributed by atoms with Crippen LogP contribution in [0.4, 0.5) is 5.69 Å². The molecule has 6 nitrogen and oxygen atoms in total. The molecule has 0 saturated carbocycles. The molecule has 0 saturated heterocycles. The fourth-order valence-corrected chi connectivity index (χ4v) is 2.11. The fraction of sp³-hybridized carbons (Fsp3) is 0.176. The van der Waals surface area contributed by atoms with Crippen molar-refractivity contribution >= 4 is 17.6 Å². The zero-order chi connectivity index (χ0) is 16.8. The van der Waals surface area contributed by atoms with Gasteiger partial charge in [0.25, 0.3) is 0 Å². The predicted octanol–water partition coefficient (Wildman–Crippen LogP) is 2.58. The summed E-state index contributed by atoms with van der Waals surface area (Å²) in [6.45, 7) is 0. The van der Waals surface area contributed by atoms with E-state index in [9.17, 15) is 9.59 Å². The third kappa shape index (κ3) is 4.23. The Labute approximate surface area is 133 Å². The largest absolute Gasteiger partial charge is 0.497 e. The molecule has 0 aliphatic heterocycles. The number of carboxylic acid groups (broad SMARTS) is 1. The van der Waals surface area contributed by atoms with Gasteiger partial charge >= 0.3 is 5.97 Å². The maximum atomic E-state index is 12.1. The molecule has 2 aromatic carbocycles. The molecule has 0 radical (unpaired) electrons. The number of hydrogen-bond donors (Lipinski definition) is 2. The lowest BCUT2D eigenvalue weighted by Gasteiger charge is -2.11. The van der Waals surface area contributed by atoms with Crippen LogP contribution >= 0.6 is 0 Å². The second-order valence-electron chi connectivity index (χ2n) is 4.79. The highest BCUT2D eigenvalue weighted by Crippen LogP contribution is 2.25. The summed E-state index contributed by atoms with van der Waals surface area (Å²) in [6.07, 6.45) is 0.102. The van der Waals surface area contributed by atoms with Gasteiger partial charge in [0.15, 0.2) is 0 Å². The molecule has 1 amide bonds. The fourth-order valence-electron chi connectivity index (χ4n) is 2.11. The number of nitrogens with one attached hydrogen (secondary N) is 1. The van der Waals surface area contributed by atoms with Crippen LogP contribution in [-0.4, -0.2) is 31.2 Å². The first-order valence-corrected chi connectivity index (χ1v) is 6.87. The third-order valence-electron chi connectivity index (χ3n) is 3.24. The molecule has 120 valence electrons. The van der Waals surface area contributed by atoms with Gasteiger partial charge < -0.3 is 19.9 Å². The van der Waals surface area contributed by atoms with Gasteiger partial charge in [0.2, 0.25) is 5.91 Å². The predicted molar refractivity (Wildman–Crippen MR) is 85.3 cm³/mol. The van der Waals surface area contributed by atoms with Gasteiger partial charge in [0.1, 0.15) is 11.5 Å². The first kappa shape index (κ1) is 16.4. The zero-order valence-corrected chi connectivity index (χ0v) is 12.8. The number of amides is 1. The lowest BCUT2D eigenvalue weighted by Crippen LogP contribution is -2.15. The van der Waals surface area contributed by atoms with Crippen molar-refractivity contribution in [1.29, 1.82) is 0 Å². The topological polar surface area (TPSA) is 84.9 Å². The van der Waals surface area contributed by atoms with Crippen molar-refractivity contribution in [2.75, 3.05) is 19.5 Å². The Bertz CT molecular complexity index is 727. The molecule has 0 aliphatic carbocycles. The number of hydrogen-bond acceptors (Lipinski definition) is 4. The molecule has 0 unspecified atom stereocenters.